The number of carbonyl (C=O) groups excluding carboxylic acids is 1. The number of aromatic nitrogens is 2. The molecule has 1 saturated heterocycles. The predicted octanol–water partition coefficient (Wildman–Crippen LogP) is 2.68. The topological polar surface area (TPSA) is 56.2 Å². The highest BCUT2D eigenvalue weighted by Crippen LogP contribution is 2.18. The third-order valence-corrected chi connectivity index (χ3v) is 4.04. The standard InChI is InChI=1S/C15H25N3O2/c1-3-13(4-2)15(19)17-14-9-16-18(11-14)10-12-5-7-20-8-6-12/h9,11-13H,3-8,10H2,1-2H3,(H,17,19). The summed E-state index contributed by atoms with van der Waals surface area (Å²) >= 11 is 0. The van der Waals surface area contributed by atoms with E-state index in [4.69, 9.17) is 4.74 Å². The Balaban J connectivity index is 1.86. The maximum Gasteiger partial charge on any atom is 0.227 e. The second-order valence-corrected chi connectivity index (χ2v) is 5.51. The summed E-state index contributed by atoms with van der Waals surface area (Å²) in [5, 5.41) is 7.29. The number of anilines is 1. The van der Waals surface area contributed by atoms with Crippen LogP contribution >= 0.6 is 0 Å². The molecule has 1 fully saturated rings. The fourth-order valence-corrected chi connectivity index (χ4v) is 2.63. The summed E-state index contributed by atoms with van der Waals surface area (Å²) in [6.07, 6.45) is 7.59. The van der Waals surface area contributed by atoms with Crippen LogP contribution in [0.2, 0.25) is 0 Å². The van der Waals surface area contributed by atoms with E-state index in [9.17, 15) is 4.79 Å². The van der Waals surface area contributed by atoms with Gasteiger partial charge in [-0.25, -0.2) is 0 Å². The molecule has 2 rings (SSSR count). The van der Waals surface area contributed by atoms with Gasteiger partial charge in [-0.2, -0.15) is 5.10 Å². The van der Waals surface area contributed by atoms with Crippen molar-refractivity contribution in [2.24, 2.45) is 11.8 Å². The highest BCUT2D eigenvalue weighted by Gasteiger charge is 2.17. The number of nitrogens with one attached hydrogen (secondary N) is 1. The first kappa shape index (κ1) is 15.0. The second-order valence-electron chi connectivity index (χ2n) is 5.51. The van der Waals surface area contributed by atoms with Crippen molar-refractivity contribution < 1.29 is 9.53 Å². The maximum atomic E-state index is 12.0. The lowest BCUT2D eigenvalue weighted by atomic mass is 10.0. The molecule has 0 radical (unpaired) electrons. The lowest BCUT2D eigenvalue weighted by Crippen LogP contribution is -2.21. The molecule has 1 amide bonds. The molecule has 1 aliphatic rings. The number of nitrogens with zero attached hydrogens (tertiary/aromatic N) is 2. The lowest BCUT2D eigenvalue weighted by molar-refractivity contribution is -0.120. The third-order valence-electron chi connectivity index (χ3n) is 4.04. The van der Waals surface area contributed by atoms with Gasteiger partial charge in [0.05, 0.1) is 11.9 Å². The van der Waals surface area contributed by atoms with Crippen LogP contribution in [0, 0.1) is 11.8 Å². The molecule has 0 saturated carbocycles. The minimum absolute atomic E-state index is 0.0915. The molecule has 5 heteroatoms. The van der Waals surface area contributed by atoms with Crippen molar-refractivity contribution in [2.75, 3.05) is 18.5 Å². The number of carbonyl (C=O) groups is 1. The normalized spacial score (nSPS) is 16.6. The first-order valence-electron chi connectivity index (χ1n) is 7.64. The van der Waals surface area contributed by atoms with Crippen LogP contribution in [0.25, 0.3) is 0 Å². The molecule has 1 N–H and O–H groups in total. The molecule has 20 heavy (non-hydrogen) atoms. The van der Waals surface area contributed by atoms with E-state index in [1.54, 1.807) is 6.20 Å². The average Bonchev–Trinajstić information content (AvgIpc) is 2.88. The van der Waals surface area contributed by atoms with Crippen LogP contribution in [0.5, 0.6) is 0 Å². The largest absolute Gasteiger partial charge is 0.381 e. The summed E-state index contributed by atoms with van der Waals surface area (Å²) < 4.78 is 7.29. The molecule has 0 aliphatic carbocycles. The Morgan fingerprint density at radius 2 is 2.15 bits per heavy atom. The molecule has 0 atom stereocenters. The van der Waals surface area contributed by atoms with Crippen LogP contribution in [0.4, 0.5) is 5.69 Å². The molecule has 5 nitrogen and oxygen atoms in total. The van der Waals surface area contributed by atoms with Gasteiger partial charge in [0.1, 0.15) is 0 Å². The Hall–Kier alpha value is -1.36. The van der Waals surface area contributed by atoms with Gasteiger partial charge in [-0.15, -0.1) is 0 Å². The van der Waals surface area contributed by atoms with Crippen LogP contribution in [-0.2, 0) is 16.1 Å². The first-order valence-corrected chi connectivity index (χ1v) is 7.64. The number of hydrogen-bond donors (Lipinski definition) is 1. The van der Waals surface area contributed by atoms with Crippen molar-refractivity contribution in [1.29, 1.82) is 0 Å². The van der Waals surface area contributed by atoms with Gasteiger partial charge < -0.3 is 10.1 Å². The quantitative estimate of drug-likeness (QED) is 0.871. The average molecular weight is 279 g/mol. The van der Waals surface area contributed by atoms with E-state index in [-0.39, 0.29) is 11.8 Å². The van der Waals surface area contributed by atoms with Gasteiger partial charge in [0.2, 0.25) is 5.91 Å². The molecular weight excluding hydrogens is 254 g/mol. The van der Waals surface area contributed by atoms with Crippen LogP contribution < -0.4 is 5.32 Å². The van der Waals surface area contributed by atoms with Crippen LogP contribution in [-0.4, -0.2) is 28.9 Å². The van der Waals surface area contributed by atoms with Crippen LogP contribution in [0.1, 0.15) is 39.5 Å². The Bertz CT molecular complexity index is 421. The van der Waals surface area contributed by atoms with Gasteiger partial charge in [0, 0.05) is 31.9 Å². The van der Waals surface area contributed by atoms with Gasteiger partial charge in [-0.1, -0.05) is 13.8 Å². The molecular formula is C15H25N3O2. The zero-order chi connectivity index (χ0) is 14.4. The van der Waals surface area contributed by atoms with E-state index < -0.39 is 0 Å². The fraction of sp³-hybridized carbons (Fsp3) is 0.733. The molecule has 0 unspecified atom stereocenters. The second kappa shape index (κ2) is 7.43. The zero-order valence-corrected chi connectivity index (χ0v) is 12.5. The number of hydrogen-bond acceptors (Lipinski definition) is 3. The minimum atomic E-state index is 0.0915. The zero-order valence-electron chi connectivity index (χ0n) is 12.5. The van der Waals surface area contributed by atoms with Gasteiger partial charge in [0.15, 0.2) is 0 Å². The molecule has 1 aliphatic heterocycles. The molecule has 1 aromatic heterocycles. The highest BCUT2D eigenvalue weighted by atomic mass is 16.5. The molecule has 0 spiro atoms. The van der Waals surface area contributed by atoms with Crippen molar-refractivity contribution in [3.8, 4) is 0 Å². The van der Waals surface area contributed by atoms with Gasteiger partial charge >= 0.3 is 0 Å². The molecule has 2 heterocycles. The highest BCUT2D eigenvalue weighted by molar-refractivity contribution is 5.92. The van der Waals surface area contributed by atoms with E-state index in [0.29, 0.717) is 5.92 Å². The van der Waals surface area contributed by atoms with Crippen molar-refractivity contribution in [3.63, 3.8) is 0 Å². The number of amides is 1. The van der Waals surface area contributed by atoms with Crippen molar-refractivity contribution >= 4 is 11.6 Å². The van der Waals surface area contributed by atoms with Gasteiger partial charge in [-0.05, 0) is 31.6 Å². The number of rotatable bonds is 6. The van der Waals surface area contributed by atoms with E-state index in [1.165, 1.54) is 0 Å². The van der Waals surface area contributed by atoms with E-state index in [1.807, 2.05) is 24.7 Å². The summed E-state index contributed by atoms with van der Waals surface area (Å²) in [6, 6.07) is 0. The number of ether oxygens (including phenoxy) is 1. The first-order chi connectivity index (χ1) is 9.72. The summed E-state index contributed by atoms with van der Waals surface area (Å²) in [5.41, 5.74) is 0.800. The van der Waals surface area contributed by atoms with E-state index in [2.05, 4.69) is 10.4 Å². The molecule has 112 valence electrons. The molecule has 0 aromatic carbocycles. The minimum Gasteiger partial charge on any atom is -0.381 e. The fourth-order valence-electron chi connectivity index (χ4n) is 2.63. The molecule has 1 aromatic rings. The van der Waals surface area contributed by atoms with Gasteiger partial charge in [0.25, 0.3) is 0 Å². The SMILES string of the molecule is CCC(CC)C(=O)Nc1cnn(CC2CCOCC2)c1. The maximum absolute atomic E-state index is 12.0. The summed E-state index contributed by atoms with van der Waals surface area (Å²) in [5.74, 6) is 0.820. The lowest BCUT2D eigenvalue weighted by Gasteiger charge is -2.21. The Morgan fingerprint density at radius 3 is 2.80 bits per heavy atom. The van der Waals surface area contributed by atoms with Crippen LogP contribution in [0.3, 0.4) is 0 Å². The smallest absolute Gasteiger partial charge is 0.227 e. The van der Waals surface area contributed by atoms with Crippen molar-refractivity contribution in [1.82, 2.24) is 9.78 Å². The molecule has 0 bridgehead atoms. The third kappa shape index (κ3) is 4.07. The van der Waals surface area contributed by atoms with Gasteiger partial charge in [-0.3, -0.25) is 9.48 Å². The van der Waals surface area contributed by atoms with Crippen molar-refractivity contribution in [3.05, 3.63) is 12.4 Å². The Morgan fingerprint density at radius 1 is 1.45 bits per heavy atom. The summed E-state index contributed by atoms with van der Waals surface area (Å²) in [4.78, 5) is 12.0. The van der Waals surface area contributed by atoms with Crippen molar-refractivity contribution in [2.45, 2.75) is 46.1 Å². The monoisotopic (exact) mass is 279 g/mol. The van der Waals surface area contributed by atoms with E-state index >= 15 is 0 Å². The van der Waals surface area contributed by atoms with Crippen LogP contribution in [0.15, 0.2) is 12.4 Å². The summed E-state index contributed by atoms with van der Waals surface area (Å²) in [7, 11) is 0. The predicted molar refractivity (Wildman–Crippen MR) is 78.5 cm³/mol. The Kier molecular flexibility index (Phi) is 5.59. The Labute approximate surface area is 120 Å². The summed E-state index contributed by atoms with van der Waals surface area (Å²) in [6.45, 7) is 6.70. The van der Waals surface area contributed by atoms with E-state index in [0.717, 1.165) is 51.1 Å².